The van der Waals surface area contributed by atoms with E-state index >= 15 is 0 Å². The average molecular weight is 221 g/mol. The quantitative estimate of drug-likeness (QED) is 0.632. The number of hydrogen-bond acceptors (Lipinski definition) is 2. The van der Waals surface area contributed by atoms with Crippen molar-refractivity contribution in [3.05, 3.63) is 11.6 Å². The molecule has 2 saturated heterocycles. The Hall–Kier alpha value is -0.830. The molecule has 0 bridgehead atoms. The molecule has 0 aromatic heterocycles. The maximum absolute atomic E-state index is 12.3. The van der Waals surface area contributed by atoms with Gasteiger partial charge in [-0.05, 0) is 19.3 Å². The van der Waals surface area contributed by atoms with E-state index in [4.69, 9.17) is 4.74 Å². The zero-order chi connectivity index (χ0) is 11.4. The molecule has 2 fully saturated rings. The van der Waals surface area contributed by atoms with Crippen molar-refractivity contribution in [3.63, 3.8) is 0 Å². The molecule has 3 heteroatoms. The lowest BCUT2D eigenvalue weighted by Crippen LogP contribution is -2.40. The molecule has 0 N–H and O–H groups in total. The standard InChI is InChI=1S/C13H19NO2/c1-7(2)10-6-16-13-11-8(3)4-5-9(11)12(15)14(10)13/h4,7,9-11,13H,5-6H2,1-3H3/t9-,10-,11+,13-/m1/s1. The molecule has 0 spiro atoms. The molecule has 0 unspecified atom stereocenters. The Bertz CT molecular complexity index is 361. The SMILES string of the molecule is CC1=CC[C@H]2C(=O)N3[C@@H](C(C)C)CO[C@@H]3[C@@H]12. The van der Waals surface area contributed by atoms with Gasteiger partial charge in [-0.3, -0.25) is 4.79 Å². The van der Waals surface area contributed by atoms with Gasteiger partial charge in [-0.15, -0.1) is 0 Å². The van der Waals surface area contributed by atoms with E-state index in [2.05, 4.69) is 26.8 Å². The Morgan fingerprint density at radius 3 is 2.94 bits per heavy atom. The molecule has 0 saturated carbocycles. The van der Waals surface area contributed by atoms with E-state index in [9.17, 15) is 4.79 Å². The molecule has 16 heavy (non-hydrogen) atoms. The number of rotatable bonds is 1. The van der Waals surface area contributed by atoms with Crippen LogP contribution in [0.3, 0.4) is 0 Å². The minimum atomic E-state index is 0.0312. The zero-order valence-electron chi connectivity index (χ0n) is 10.1. The Morgan fingerprint density at radius 1 is 1.50 bits per heavy atom. The number of hydrogen-bond donors (Lipinski definition) is 0. The number of carbonyl (C=O) groups is 1. The van der Waals surface area contributed by atoms with Gasteiger partial charge in [-0.2, -0.15) is 0 Å². The van der Waals surface area contributed by atoms with Crippen molar-refractivity contribution in [3.8, 4) is 0 Å². The summed E-state index contributed by atoms with van der Waals surface area (Å²) >= 11 is 0. The van der Waals surface area contributed by atoms with Crippen LogP contribution in [0.1, 0.15) is 27.2 Å². The summed E-state index contributed by atoms with van der Waals surface area (Å²) in [7, 11) is 0. The van der Waals surface area contributed by atoms with E-state index in [1.54, 1.807) is 0 Å². The largest absolute Gasteiger partial charge is 0.355 e. The summed E-state index contributed by atoms with van der Waals surface area (Å²) in [4.78, 5) is 14.4. The number of nitrogens with zero attached hydrogens (tertiary/aromatic N) is 1. The van der Waals surface area contributed by atoms with Gasteiger partial charge in [0.05, 0.1) is 18.6 Å². The van der Waals surface area contributed by atoms with Crippen molar-refractivity contribution in [1.82, 2.24) is 4.90 Å². The number of fused-ring (bicyclic) bond motifs is 3. The number of ether oxygens (including phenoxy) is 1. The monoisotopic (exact) mass is 221 g/mol. The van der Waals surface area contributed by atoms with E-state index in [1.807, 2.05) is 4.90 Å². The number of carbonyl (C=O) groups excluding carboxylic acids is 1. The summed E-state index contributed by atoms with van der Waals surface area (Å²) in [6.07, 6.45) is 3.15. The van der Waals surface area contributed by atoms with Crippen LogP contribution in [-0.4, -0.2) is 29.7 Å². The van der Waals surface area contributed by atoms with Crippen LogP contribution in [0, 0.1) is 17.8 Å². The highest BCUT2D eigenvalue weighted by Crippen LogP contribution is 2.47. The van der Waals surface area contributed by atoms with E-state index in [1.165, 1.54) is 5.57 Å². The average Bonchev–Trinajstić information content (AvgIpc) is 2.83. The molecule has 1 aliphatic carbocycles. The summed E-state index contributed by atoms with van der Waals surface area (Å²) in [5.74, 6) is 1.30. The fourth-order valence-corrected chi connectivity index (χ4v) is 3.41. The molecule has 2 heterocycles. The molecular weight excluding hydrogens is 202 g/mol. The van der Waals surface area contributed by atoms with Gasteiger partial charge >= 0.3 is 0 Å². The van der Waals surface area contributed by atoms with Gasteiger partial charge in [0, 0.05) is 5.92 Å². The molecule has 88 valence electrons. The van der Waals surface area contributed by atoms with Gasteiger partial charge in [0.1, 0.15) is 6.23 Å². The molecule has 3 aliphatic rings. The third-order valence-electron chi connectivity index (χ3n) is 4.37. The fraction of sp³-hybridized carbons (Fsp3) is 0.769. The van der Waals surface area contributed by atoms with Crippen molar-refractivity contribution in [1.29, 1.82) is 0 Å². The molecule has 3 rings (SSSR count). The minimum Gasteiger partial charge on any atom is -0.355 e. The molecule has 1 amide bonds. The van der Waals surface area contributed by atoms with Gasteiger partial charge < -0.3 is 9.64 Å². The summed E-state index contributed by atoms with van der Waals surface area (Å²) in [6.45, 7) is 7.18. The van der Waals surface area contributed by atoms with Gasteiger partial charge in [0.2, 0.25) is 5.91 Å². The van der Waals surface area contributed by atoms with Crippen molar-refractivity contribution in [2.75, 3.05) is 6.61 Å². The van der Waals surface area contributed by atoms with Crippen LogP contribution in [0.2, 0.25) is 0 Å². The van der Waals surface area contributed by atoms with Crippen molar-refractivity contribution in [2.24, 2.45) is 17.8 Å². The highest BCUT2D eigenvalue weighted by atomic mass is 16.5. The van der Waals surface area contributed by atoms with Crippen LogP contribution >= 0.6 is 0 Å². The van der Waals surface area contributed by atoms with Gasteiger partial charge in [-0.1, -0.05) is 25.5 Å². The van der Waals surface area contributed by atoms with Crippen LogP contribution in [0.25, 0.3) is 0 Å². The number of amides is 1. The van der Waals surface area contributed by atoms with Crippen molar-refractivity contribution in [2.45, 2.75) is 39.5 Å². The third kappa shape index (κ3) is 1.15. The Balaban J connectivity index is 1.92. The predicted octanol–water partition coefficient (Wildman–Crippen LogP) is 1.79. The van der Waals surface area contributed by atoms with Gasteiger partial charge in [0.25, 0.3) is 0 Å². The maximum atomic E-state index is 12.3. The summed E-state index contributed by atoms with van der Waals surface area (Å²) in [6, 6.07) is 0.288. The summed E-state index contributed by atoms with van der Waals surface area (Å²) in [5.41, 5.74) is 1.34. The topological polar surface area (TPSA) is 29.5 Å². The first-order chi connectivity index (χ1) is 7.61. The maximum Gasteiger partial charge on any atom is 0.229 e. The Morgan fingerprint density at radius 2 is 2.25 bits per heavy atom. The minimum absolute atomic E-state index is 0.0312. The first kappa shape index (κ1) is 10.3. The van der Waals surface area contributed by atoms with Crippen molar-refractivity contribution < 1.29 is 9.53 Å². The molecular formula is C13H19NO2. The van der Waals surface area contributed by atoms with Crippen LogP contribution < -0.4 is 0 Å². The lowest BCUT2D eigenvalue weighted by atomic mass is 9.94. The smallest absolute Gasteiger partial charge is 0.229 e. The third-order valence-corrected chi connectivity index (χ3v) is 4.37. The van der Waals surface area contributed by atoms with Crippen LogP contribution in [0.5, 0.6) is 0 Å². The van der Waals surface area contributed by atoms with Gasteiger partial charge in [-0.25, -0.2) is 0 Å². The van der Waals surface area contributed by atoms with Crippen LogP contribution in [0.15, 0.2) is 11.6 Å². The second kappa shape index (κ2) is 3.33. The highest BCUT2D eigenvalue weighted by molar-refractivity contribution is 5.84. The zero-order valence-corrected chi connectivity index (χ0v) is 10.1. The molecule has 4 atom stereocenters. The lowest BCUT2D eigenvalue weighted by Gasteiger charge is -2.26. The molecule has 3 nitrogen and oxygen atoms in total. The lowest BCUT2D eigenvalue weighted by molar-refractivity contribution is -0.134. The van der Waals surface area contributed by atoms with Crippen LogP contribution in [0.4, 0.5) is 0 Å². The van der Waals surface area contributed by atoms with E-state index in [0.717, 1.165) is 6.42 Å². The highest BCUT2D eigenvalue weighted by Gasteiger charge is 2.56. The predicted molar refractivity (Wildman–Crippen MR) is 60.6 cm³/mol. The van der Waals surface area contributed by atoms with E-state index < -0.39 is 0 Å². The summed E-state index contributed by atoms with van der Waals surface area (Å²) < 4.78 is 5.87. The Labute approximate surface area is 96.4 Å². The fourth-order valence-electron chi connectivity index (χ4n) is 3.41. The van der Waals surface area contributed by atoms with E-state index in [-0.39, 0.29) is 18.2 Å². The van der Waals surface area contributed by atoms with Crippen LogP contribution in [-0.2, 0) is 9.53 Å². The molecule has 0 aromatic rings. The second-order valence-electron chi connectivity index (χ2n) is 5.60. The van der Waals surface area contributed by atoms with Crippen molar-refractivity contribution >= 4 is 5.91 Å². The van der Waals surface area contributed by atoms with E-state index in [0.29, 0.717) is 24.3 Å². The molecule has 0 aromatic carbocycles. The molecule has 0 radical (unpaired) electrons. The molecule has 2 aliphatic heterocycles. The van der Waals surface area contributed by atoms with Gasteiger partial charge in [0.15, 0.2) is 0 Å². The Kier molecular flexibility index (Phi) is 2.15. The normalized spacial score (nSPS) is 41.6. The second-order valence-corrected chi connectivity index (χ2v) is 5.60. The first-order valence-corrected chi connectivity index (χ1v) is 6.21. The number of allylic oxidation sites excluding steroid dienone is 1. The first-order valence-electron chi connectivity index (χ1n) is 6.21. The summed E-state index contributed by atoms with van der Waals surface area (Å²) in [5, 5.41) is 0.